The predicted octanol–water partition coefficient (Wildman–Crippen LogP) is 3.91. The topological polar surface area (TPSA) is 58.6 Å². The maximum absolute atomic E-state index is 11.6. The monoisotopic (exact) mass is 283 g/mol. The van der Waals surface area contributed by atoms with Crippen LogP contribution in [0.3, 0.4) is 0 Å². The molecular formula is C14H18ClNO3. The van der Waals surface area contributed by atoms with Crippen molar-refractivity contribution in [2.24, 2.45) is 0 Å². The largest absolute Gasteiger partial charge is 0.444 e. The molecule has 4 nitrogen and oxygen atoms in total. The normalized spacial score (nSPS) is 12.7. The maximum atomic E-state index is 11.6. The molecule has 1 atom stereocenters. The van der Waals surface area contributed by atoms with Crippen LogP contribution in [0.4, 0.5) is 10.5 Å². The zero-order chi connectivity index (χ0) is 14.6. The second-order valence-corrected chi connectivity index (χ2v) is 5.45. The number of carbonyl (C=O) groups is 1. The minimum absolute atomic E-state index is 0.405. The average Bonchev–Trinajstić information content (AvgIpc) is 2.28. The van der Waals surface area contributed by atoms with Crippen molar-refractivity contribution >= 4 is 23.4 Å². The van der Waals surface area contributed by atoms with E-state index in [-0.39, 0.29) is 0 Å². The lowest BCUT2D eigenvalue weighted by atomic mass is 10.1. The Morgan fingerprint density at radius 2 is 2.16 bits per heavy atom. The van der Waals surface area contributed by atoms with Gasteiger partial charge < -0.3 is 9.84 Å². The van der Waals surface area contributed by atoms with Crippen LogP contribution in [0.5, 0.6) is 0 Å². The molecule has 1 unspecified atom stereocenters. The highest BCUT2D eigenvalue weighted by molar-refractivity contribution is 6.31. The first kappa shape index (κ1) is 15.5. The molecule has 104 valence electrons. The van der Waals surface area contributed by atoms with Gasteiger partial charge in [-0.05, 0) is 39.0 Å². The third-order valence-electron chi connectivity index (χ3n) is 2.18. The summed E-state index contributed by atoms with van der Waals surface area (Å²) in [5.74, 6) is 0. The molecule has 5 heteroatoms. The molecule has 1 aromatic rings. The molecule has 0 saturated carbocycles. The summed E-state index contributed by atoms with van der Waals surface area (Å²) in [6.45, 7) is 8.83. The van der Waals surface area contributed by atoms with E-state index in [4.69, 9.17) is 16.3 Å². The number of amides is 1. The molecule has 0 spiro atoms. The van der Waals surface area contributed by atoms with E-state index in [1.807, 2.05) is 0 Å². The van der Waals surface area contributed by atoms with Crippen molar-refractivity contribution in [3.05, 3.63) is 41.4 Å². The number of aliphatic hydroxyl groups excluding tert-OH is 1. The van der Waals surface area contributed by atoms with E-state index >= 15 is 0 Å². The first-order valence-electron chi connectivity index (χ1n) is 5.83. The van der Waals surface area contributed by atoms with E-state index in [1.54, 1.807) is 39.0 Å². The predicted molar refractivity (Wildman–Crippen MR) is 76.5 cm³/mol. The van der Waals surface area contributed by atoms with Crippen molar-refractivity contribution in [1.29, 1.82) is 0 Å². The molecule has 0 saturated heterocycles. The van der Waals surface area contributed by atoms with Crippen molar-refractivity contribution in [2.75, 3.05) is 5.32 Å². The van der Waals surface area contributed by atoms with Crippen molar-refractivity contribution in [3.8, 4) is 0 Å². The number of benzene rings is 1. The Labute approximate surface area is 118 Å². The van der Waals surface area contributed by atoms with Gasteiger partial charge in [0.15, 0.2) is 0 Å². The Morgan fingerprint density at radius 3 is 2.68 bits per heavy atom. The van der Waals surface area contributed by atoms with E-state index < -0.39 is 17.8 Å². The first-order chi connectivity index (χ1) is 8.73. The number of hydrogen-bond donors (Lipinski definition) is 2. The van der Waals surface area contributed by atoms with Gasteiger partial charge in [-0.15, -0.1) is 6.58 Å². The number of carbonyl (C=O) groups excluding carboxylic acids is 1. The molecular weight excluding hydrogens is 266 g/mol. The standard InChI is InChI=1S/C14H18ClNO3/c1-5-12(17)10-8-9(6-7-11(10)15)16-13(18)19-14(2,3)4/h5-8,12,17H,1H2,2-4H3,(H,16,18). The van der Waals surface area contributed by atoms with Gasteiger partial charge >= 0.3 is 6.09 Å². The van der Waals surface area contributed by atoms with Crippen LogP contribution in [0.2, 0.25) is 5.02 Å². The van der Waals surface area contributed by atoms with Crippen molar-refractivity contribution in [3.63, 3.8) is 0 Å². The van der Waals surface area contributed by atoms with E-state index in [0.29, 0.717) is 16.3 Å². The lowest BCUT2D eigenvalue weighted by Gasteiger charge is -2.20. The Morgan fingerprint density at radius 1 is 1.53 bits per heavy atom. The number of halogens is 1. The molecule has 0 radical (unpaired) electrons. The Hall–Kier alpha value is -1.52. The van der Waals surface area contributed by atoms with Crippen molar-refractivity contribution < 1.29 is 14.6 Å². The number of ether oxygens (including phenoxy) is 1. The molecule has 1 amide bonds. The summed E-state index contributed by atoms with van der Waals surface area (Å²) >= 11 is 5.96. The number of rotatable bonds is 3. The lowest BCUT2D eigenvalue weighted by Crippen LogP contribution is -2.27. The van der Waals surface area contributed by atoms with E-state index in [0.717, 1.165) is 0 Å². The number of anilines is 1. The van der Waals surface area contributed by atoms with Gasteiger partial charge in [0.2, 0.25) is 0 Å². The third-order valence-corrected chi connectivity index (χ3v) is 2.53. The van der Waals surface area contributed by atoms with E-state index in [1.165, 1.54) is 6.08 Å². The van der Waals surface area contributed by atoms with Crippen LogP contribution in [-0.4, -0.2) is 16.8 Å². The van der Waals surface area contributed by atoms with Crippen LogP contribution < -0.4 is 5.32 Å². The zero-order valence-corrected chi connectivity index (χ0v) is 12.0. The Balaban J connectivity index is 2.86. The Bertz CT molecular complexity index is 480. The molecule has 0 bridgehead atoms. The zero-order valence-electron chi connectivity index (χ0n) is 11.2. The second kappa shape index (κ2) is 6.08. The summed E-state index contributed by atoms with van der Waals surface area (Å²) in [6, 6.07) is 4.81. The summed E-state index contributed by atoms with van der Waals surface area (Å²) in [6.07, 6.45) is -0.0832. The minimum atomic E-state index is -0.882. The summed E-state index contributed by atoms with van der Waals surface area (Å²) < 4.78 is 5.13. The third kappa shape index (κ3) is 4.93. The lowest BCUT2D eigenvalue weighted by molar-refractivity contribution is 0.0636. The smallest absolute Gasteiger partial charge is 0.412 e. The molecule has 1 aromatic carbocycles. The van der Waals surface area contributed by atoms with Crippen molar-refractivity contribution in [1.82, 2.24) is 0 Å². The van der Waals surface area contributed by atoms with Gasteiger partial charge in [0.05, 0.1) is 6.10 Å². The van der Waals surface area contributed by atoms with E-state index in [2.05, 4.69) is 11.9 Å². The highest BCUT2D eigenvalue weighted by Crippen LogP contribution is 2.27. The summed E-state index contributed by atoms with van der Waals surface area (Å²) in [4.78, 5) is 11.6. The molecule has 0 aliphatic rings. The number of nitrogens with one attached hydrogen (secondary N) is 1. The fraction of sp³-hybridized carbons (Fsp3) is 0.357. The summed E-state index contributed by atoms with van der Waals surface area (Å²) in [7, 11) is 0. The van der Waals surface area contributed by atoms with Gasteiger partial charge in [-0.2, -0.15) is 0 Å². The highest BCUT2D eigenvalue weighted by atomic mass is 35.5. The van der Waals surface area contributed by atoms with Gasteiger partial charge in [-0.1, -0.05) is 17.7 Å². The van der Waals surface area contributed by atoms with Gasteiger partial charge in [0.25, 0.3) is 0 Å². The number of aliphatic hydroxyl groups is 1. The van der Waals surface area contributed by atoms with Gasteiger partial charge in [-0.25, -0.2) is 4.79 Å². The fourth-order valence-corrected chi connectivity index (χ4v) is 1.63. The van der Waals surface area contributed by atoms with Crippen LogP contribution in [0.1, 0.15) is 32.4 Å². The van der Waals surface area contributed by atoms with Crippen LogP contribution in [0.25, 0.3) is 0 Å². The quantitative estimate of drug-likeness (QED) is 0.827. The molecule has 1 rings (SSSR count). The van der Waals surface area contributed by atoms with Crippen molar-refractivity contribution in [2.45, 2.75) is 32.5 Å². The maximum Gasteiger partial charge on any atom is 0.412 e. The summed E-state index contributed by atoms with van der Waals surface area (Å²) in [5, 5.41) is 12.7. The van der Waals surface area contributed by atoms with E-state index in [9.17, 15) is 9.90 Å². The number of hydrogen-bond acceptors (Lipinski definition) is 3. The molecule has 0 heterocycles. The molecule has 19 heavy (non-hydrogen) atoms. The average molecular weight is 284 g/mol. The van der Waals surface area contributed by atoms with Crippen LogP contribution in [-0.2, 0) is 4.74 Å². The first-order valence-corrected chi connectivity index (χ1v) is 6.21. The highest BCUT2D eigenvalue weighted by Gasteiger charge is 2.17. The molecule has 0 aliphatic carbocycles. The SMILES string of the molecule is C=CC(O)c1cc(NC(=O)OC(C)(C)C)ccc1Cl. The molecule has 2 N–H and O–H groups in total. The van der Waals surface area contributed by atoms with Gasteiger partial charge in [-0.3, -0.25) is 5.32 Å². The molecule has 0 fully saturated rings. The minimum Gasteiger partial charge on any atom is -0.444 e. The van der Waals surface area contributed by atoms with Crippen LogP contribution in [0.15, 0.2) is 30.9 Å². The van der Waals surface area contributed by atoms with Crippen LogP contribution >= 0.6 is 11.6 Å². The Kier molecular flexibility index (Phi) is 4.97. The molecule has 0 aromatic heterocycles. The fourth-order valence-electron chi connectivity index (χ4n) is 1.40. The van der Waals surface area contributed by atoms with Gasteiger partial charge in [0.1, 0.15) is 5.60 Å². The van der Waals surface area contributed by atoms with Gasteiger partial charge in [0, 0.05) is 16.3 Å². The molecule has 0 aliphatic heterocycles. The second-order valence-electron chi connectivity index (χ2n) is 5.04. The van der Waals surface area contributed by atoms with Crippen LogP contribution in [0, 0.1) is 0 Å². The summed E-state index contributed by atoms with van der Waals surface area (Å²) in [5.41, 5.74) is 0.403.